The van der Waals surface area contributed by atoms with Gasteiger partial charge in [-0.2, -0.15) is 0 Å². The minimum atomic E-state index is -0.568. The van der Waals surface area contributed by atoms with Crippen LogP contribution in [0.15, 0.2) is 18.2 Å². The molecule has 0 spiro atoms. The predicted octanol–water partition coefficient (Wildman–Crippen LogP) is 0.0617. The zero-order valence-electron chi connectivity index (χ0n) is 11.9. The molecule has 0 aliphatic carbocycles. The molecule has 0 saturated carbocycles. The SMILES string of the molecule is CN1CCN(NC(=O)c2ccc(C#CCO)c(F)c2)CC1. The number of aliphatic hydroxyl groups is 1. The van der Waals surface area contributed by atoms with E-state index in [4.69, 9.17) is 5.11 Å². The van der Waals surface area contributed by atoms with E-state index in [2.05, 4.69) is 22.2 Å². The molecule has 1 saturated heterocycles. The fourth-order valence-corrected chi connectivity index (χ4v) is 2.02. The van der Waals surface area contributed by atoms with E-state index in [1.54, 1.807) is 0 Å². The van der Waals surface area contributed by atoms with Crippen LogP contribution in [0, 0.1) is 17.7 Å². The molecule has 5 nitrogen and oxygen atoms in total. The third-order valence-electron chi connectivity index (χ3n) is 3.30. The summed E-state index contributed by atoms with van der Waals surface area (Å²) in [6, 6.07) is 4.12. The number of halogens is 1. The van der Waals surface area contributed by atoms with E-state index in [0.717, 1.165) is 32.2 Å². The van der Waals surface area contributed by atoms with Crippen molar-refractivity contribution >= 4 is 5.91 Å². The number of benzene rings is 1. The molecule has 1 fully saturated rings. The molecule has 1 aliphatic heterocycles. The second kappa shape index (κ2) is 7.18. The van der Waals surface area contributed by atoms with Gasteiger partial charge in [0.2, 0.25) is 0 Å². The quantitative estimate of drug-likeness (QED) is 0.757. The molecule has 1 amide bonds. The summed E-state index contributed by atoms with van der Waals surface area (Å²) in [5.74, 6) is 3.97. The summed E-state index contributed by atoms with van der Waals surface area (Å²) < 4.78 is 13.8. The molecule has 0 aromatic heterocycles. The van der Waals surface area contributed by atoms with Crippen LogP contribution in [0.1, 0.15) is 15.9 Å². The van der Waals surface area contributed by atoms with E-state index in [1.807, 2.05) is 12.1 Å². The Morgan fingerprint density at radius 2 is 2.10 bits per heavy atom. The largest absolute Gasteiger partial charge is 0.384 e. The van der Waals surface area contributed by atoms with Crippen LogP contribution in [0.5, 0.6) is 0 Å². The smallest absolute Gasteiger partial charge is 0.265 e. The molecule has 1 aromatic carbocycles. The van der Waals surface area contributed by atoms with E-state index in [1.165, 1.54) is 12.1 Å². The topological polar surface area (TPSA) is 55.8 Å². The Morgan fingerprint density at radius 3 is 2.71 bits per heavy atom. The first-order valence-corrected chi connectivity index (χ1v) is 6.74. The number of carbonyl (C=O) groups excluding carboxylic acids is 1. The average Bonchev–Trinajstić information content (AvgIpc) is 2.48. The summed E-state index contributed by atoms with van der Waals surface area (Å²) in [7, 11) is 2.03. The zero-order chi connectivity index (χ0) is 15.2. The highest BCUT2D eigenvalue weighted by Crippen LogP contribution is 2.10. The number of rotatable bonds is 2. The van der Waals surface area contributed by atoms with Crippen LogP contribution in [0.25, 0.3) is 0 Å². The highest BCUT2D eigenvalue weighted by Gasteiger charge is 2.17. The number of hydrazine groups is 1. The Hall–Kier alpha value is -1.94. The lowest BCUT2D eigenvalue weighted by Gasteiger charge is -2.32. The number of hydrogen-bond donors (Lipinski definition) is 2. The van der Waals surface area contributed by atoms with Crippen molar-refractivity contribution in [1.29, 1.82) is 0 Å². The van der Waals surface area contributed by atoms with Crippen molar-refractivity contribution in [3.63, 3.8) is 0 Å². The number of hydrogen-bond acceptors (Lipinski definition) is 4. The number of piperazine rings is 1. The van der Waals surface area contributed by atoms with Gasteiger partial charge in [-0.15, -0.1) is 0 Å². The number of nitrogens with zero attached hydrogens (tertiary/aromatic N) is 2. The van der Waals surface area contributed by atoms with E-state index >= 15 is 0 Å². The van der Waals surface area contributed by atoms with Crippen LogP contribution in [0.2, 0.25) is 0 Å². The molecule has 1 heterocycles. The van der Waals surface area contributed by atoms with E-state index in [-0.39, 0.29) is 23.6 Å². The van der Waals surface area contributed by atoms with E-state index in [9.17, 15) is 9.18 Å². The second-order valence-corrected chi connectivity index (χ2v) is 4.89. The van der Waals surface area contributed by atoms with Crippen molar-refractivity contribution in [1.82, 2.24) is 15.3 Å². The van der Waals surface area contributed by atoms with Gasteiger partial charge in [0.05, 0.1) is 5.56 Å². The predicted molar refractivity (Wildman–Crippen MR) is 76.9 cm³/mol. The summed E-state index contributed by atoms with van der Waals surface area (Å²) >= 11 is 0. The Morgan fingerprint density at radius 1 is 1.38 bits per heavy atom. The van der Waals surface area contributed by atoms with Gasteiger partial charge in [0.15, 0.2) is 0 Å². The number of carbonyl (C=O) groups is 1. The van der Waals surface area contributed by atoms with Crippen LogP contribution in [0.4, 0.5) is 4.39 Å². The molecule has 0 radical (unpaired) electrons. The number of likely N-dealkylation sites (N-methyl/N-ethyl adjacent to an activating group) is 1. The first kappa shape index (κ1) is 15.4. The molecule has 2 rings (SSSR count). The maximum Gasteiger partial charge on any atom is 0.265 e. The molecule has 1 aromatic rings. The third kappa shape index (κ3) is 4.26. The van der Waals surface area contributed by atoms with E-state index in [0.29, 0.717) is 0 Å². The molecular formula is C15H18FN3O2. The maximum atomic E-state index is 13.8. The lowest BCUT2D eigenvalue weighted by molar-refractivity contribution is 0.0662. The minimum absolute atomic E-state index is 0.167. The Bertz CT molecular complexity index is 572. The van der Waals surface area contributed by atoms with Gasteiger partial charge in [0.1, 0.15) is 12.4 Å². The molecule has 0 atom stereocenters. The number of aliphatic hydroxyl groups excluding tert-OH is 1. The molecule has 2 N–H and O–H groups in total. The van der Waals surface area contributed by atoms with Gasteiger partial charge in [0.25, 0.3) is 5.91 Å². The highest BCUT2D eigenvalue weighted by atomic mass is 19.1. The Labute approximate surface area is 123 Å². The van der Waals surface area contributed by atoms with Gasteiger partial charge < -0.3 is 10.0 Å². The standard InChI is InChI=1S/C15H18FN3O2/c1-18-6-8-19(9-7-18)17-15(21)13-5-4-12(3-2-10-20)14(16)11-13/h4-5,11,20H,6-10H2,1H3,(H,17,21). The van der Waals surface area contributed by atoms with Crippen LogP contribution >= 0.6 is 0 Å². The fourth-order valence-electron chi connectivity index (χ4n) is 2.02. The van der Waals surface area contributed by atoms with Crippen LogP contribution in [-0.2, 0) is 0 Å². The first-order chi connectivity index (χ1) is 10.1. The van der Waals surface area contributed by atoms with Gasteiger partial charge in [-0.25, -0.2) is 9.40 Å². The van der Waals surface area contributed by atoms with Gasteiger partial charge in [-0.3, -0.25) is 10.2 Å². The molecular weight excluding hydrogens is 273 g/mol. The lowest BCUT2D eigenvalue weighted by Crippen LogP contribution is -2.52. The van der Waals surface area contributed by atoms with Crippen molar-refractivity contribution < 1.29 is 14.3 Å². The summed E-state index contributed by atoms with van der Waals surface area (Å²) in [5, 5.41) is 10.4. The summed E-state index contributed by atoms with van der Waals surface area (Å²) in [6.07, 6.45) is 0. The van der Waals surface area contributed by atoms with Crippen molar-refractivity contribution in [2.75, 3.05) is 39.8 Å². The second-order valence-electron chi connectivity index (χ2n) is 4.89. The van der Waals surface area contributed by atoms with Gasteiger partial charge in [-0.05, 0) is 25.2 Å². The highest BCUT2D eigenvalue weighted by molar-refractivity contribution is 5.94. The van der Waals surface area contributed by atoms with Gasteiger partial charge >= 0.3 is 0 Å². The fraction of sp³-hybridized carbons (Fsp3) is 0.400. The first-order valence-electron chi connectivity index (χ1n) is 6.74. The van der Waals surface area contributed by atoms with Crippen molar-refractivity contribution in [3.8, 4) is 11.8 Å². The molecule has 21 heavy (non-hydrogen) atoms. The molecule has 1 aliphatic rings. The van der Waals surface area contributed by atoms with Crippen molar-refractivity contribution in [2.24, 2.45) is 0 Å². The monoisotopic (exact) mass is 291 g/mol. The van der Waals surface area contributed by atoms with Crippen LogP contribution in [-0.4, -0.2) is 60.8 Å². The molecule has 6 heteroatoms. The summed E-state index contributed by atoms with van der Waals surface area (Å²) in [5.41, 5.74) is 3.19. The maximum absolute atomic E-state index is 13.8. The molecule has 0 bridgehead atoms. The summed E-state index contributed by atoms with van der Waals surface area (Å²) in [4.78, 5) is 14.2. The molecule has 0 unspecified atom stereocenters. The van der Waals surface area contributed by atoms with Gasteiger partial charge in [-0.1, -0.05) is 11.8 Å². The normalized spacial score (nSPS) is 16.1. The summed E-state index contributed by atoms with van der Waals surface area (Å²) in [6.45, 7) is 2.91. The minimum Gasteiger partial charge on any atom is -0.384 e. The number of amides is 1. The van der Waals surface area contributed by atoms with Crippen molar-refractivity contribution in [3.05, 3.63) is 35.1 Å². The number of nitrogens with one attached hydrogen (secondary N) is 1. The van der Waals surface area contributed by atoms with Crippen LogP contribution in [0.3, 0.4) is 0 Å². The average molecular weight is 291 g/mol. The van der Waals surface area contributed by atoms with E-state index < -0.39 is 5.82 Å². The Kier molecular flexibility index (Phi) is 5.28. The zero-order valence-corrected chi connectivity index (χ0v) is 11.9. The van der Waals surface area contributed by atoms with Crippen LogP contribution < -0.4 is 5.43 Å². The van der Waals surface area contributed by atoms with Crippen molar-refractivity contribution in [2.45, 2.75) is 0 Å². The molecule has 112 valence electrons. The lowest BCUT2D eigenvalue weighted by atomic mass is 10.1. The Balaban J connectivity index is 2.01. The van der Waals surface area contributed by atoms with Gasteiger partial charge in [0, 0.05) is 31.7 Å². The third-order valence-corrected chi connectivity index (χ3v) is 3.30.